The van der Waals surface area contributed by atoms with Crippen molar-refractivity contribution in [2.45, 2.75) is 24.7 Å². The molecule has 0 saturated carbocycles. The third kappa shape index (κ3) is 3.69. The zero-order valence-electron chi connectivity index (χ0n) is 15.0. The molecule has 1 aromatic carbocycles. The van der Waals surface area contributed by atoms with Gasteiger partial charge in [0.1, 0.15) is 0 Å². The van der Waals surface area contributed by atoms with Crippen LogP contribution in [0.1, 0.15) is 25.3 Å². The topological polar surface area (TPSA) is 64.2 Å². The summed E-state index contributed by atoms with van der Waals surface area (Å²) in [6.07, 6.45) is 5.45. The standard InChI is InChI=1S/C21H22N4S/c1-14(2)17-7-5-9-25-20(17)18-10-16(15-6-4-8-24-12-15)11-19(23-3)21(18)26-13-22/h4-12,14H,3,13,22H2,1-2H3. The molecule has 5 heteroatoms. The predicted molar refractivity (Wildman–Crippen MR) is 111 cm³/mol. The molecule has 0 radical (unpaired) electrons. The van der Waals surface area contributed by atoms with Gasteiger partial charge in [-0.15, -0.1) is 11.8 Å². The Hall–Kier alpha value is -2.50. The lowest BCUT2D eigenvalue weighted by Crippen LogP contribution is -1.99. The van der Waals surface area contributed by atoms with E-state index in [1.165, 1.54) is 5.56 Å². The van der Waals surface area contributed by atoms with Gasteiger partial charge >= 0.3 is 0 Å². The van der Waals surface area contributed by atoms with Gasteiger partial charge in [0.25, 0.3) is 0 Å². The second-order valence-corrected chi connectivity index (χ2v) is 7.21. The van der Waals surface area contributed by atoms with Crippen LogP contribution in [-0.2, 0) is 0 Å². The number of hydrogen-bond acceptors (Lipinski definition) is 5. The van der Waals surface area contributed by atoms with Crippen LogP contribution in [0.15, 0.2) is 64.9 Å². The summed E-state index contributed by atoms with van der Waals surface area (Å²) in [6.45, 7) is 8.11. The molecule has 26 heavy (non-hydrogen) atoms. The number of rotatable bonds is 6. The summed E-state index contributed by atoms with van der Waals surface area (Å²) in [4.78, 5) is 14.2. The van der Waals surface area contributed by atoms with Crippen molar-refractivity contribution in [1.29, 1.82) is 0 Å². The van der Waals surface area contributed by atoms with Crippen LogP contribution in [-0.4, -0.2) is 22.6 Å². The molecule has 132 valence electrons. The lowest BCUT2D eigenvalue weighted by atomic mass is 9.94. The van der Waals surface area contributed by atoms with E-state index >= 15 is 0 Å². The molecule has 0 amide bonds. The second kappa shape index (κ2) is 8.25. The summed E-state index contributed by atoms with van der Waals surface area (Å²) in [7, 11) is 0. The van der Waals surface area contributed by atoms with E-state index in [0.29, 0.717) is 11.8 Å². The number of nitrogens with zero attached hydrogens (tertiary/aromatic N) is 3. The molecule has 0 aliphatic heterocycles. The summed E-state index contributed by atoms with van der Waals surface area (Å²) < 4.78 is 0. The van der Waals surface area contributed by atoms with Crippen molar-refractivity contribution in [3.63, 3.8) is 0 Å². The van der Waals surface area contributed by atoms with Crippen LogP contribution in [0.4, 0.5) is 5.69 Å². The van der Waals surface area contributed by atoms with Crippen LogP contribution in [0.5, 0.6) is 0 Å². The SMILES string of the molecule is C=Nc1cc(-c2cccnc2)cc(-c2ncccc2C(C)C)c1SCN. The highest BCUT2D eigenvalue weighted by Gasteiger charge is 2.18. The Morgan fingerprint density at radius 3 is 2.62 bits per heavy atom. The normalized spacial score (nSPS) is 10.9. The Balaban J connectivity index is 2.30. The van der Waals surface area contributed by atoms with Gasteiger partial charge in [-0.3, -0.25) is 15.0 Å². The predicted octanol–water partition coefficient (Wildman–Crippen LogP) is 5.27. The minimum absolute atomic E-state index is 0.358. The molecule has 2 aromatic heterocycles. The Kier molecular flexibility index (Phi) is 5.81. The number of thioether (sulfide) groups is 1. The summed E-state index contributed by atoms with van der Waals surface area (Å²) in [6, 6.07) is 12.3. The van der Waals surface area contributed by atoms with Gasteiger partial charge < -0.3 is 5.73 Å². The molecule has 0 unspecified atom stereocenters. The Labute approximate surface area is 158 Å². The fourth-order valence-electron chi connectivity index (χ4n) is 2.95. The van der Waals surface area contributed by atoms with Gasteiger partial charge in [0, 0.05) is 40.5 Å². The average molecular weight is 363 g/mol. The molecule has 2 N–H and O–H groups in total. The Morgan fingerprint density at radius 1 is 1.15 bits per heavy atom. The first-order valence-electron chi connectivity index (χ1n) is 8.49. The molecule has 3 rings (SSSR count). The van der Waals surface area contributed by atoms with Gasteiger partial charge in [-0.05, 0) is 48.0 Å². The first kappa shape index (κ1) is 18.3. The van der Waals surface area contributed by atoms with E-state index in [1.807, 2.05) is 36.7 Å². The third-order valence-electron chi connectivity index (χ3n) is 4.18. The zero-order chi connectivity index (χ0) is 18.5. The molecule has 2 heterocycles. The van der Waals surface area contributed by atoms with Crippen LogP contribution < -0.4 is 5.73 Å². The average Bonchev–Trinajstić information content (AvgIpc) is 2.69. The summed E-state index contributed by atoms with van der Waals surface area (Å²) in [5.74, 6) is 0.822. The highest BCUT2D eigenvalue weighted by Crippen LogP contribution is 2.42. The van der Waals surface area contributed by atoms with Gasteiger partial charge in [-0.25, -0.2) is 0 Å². The summed E-state index contributed by atoms with van der Waals surface area (Å²) >= 11 is 1.56. The van der Waals surface area contributed by atoms with Crippen molar-refractivity contribution in [1.82, 2.24) is 9.97 Å². The fourth-order valence-corrected chi connectivity index (χ4v) is 3.70. The van der Waals surface area contributed by atoms with Crippen LogP contribution in [0.25, 0.3) is 22.4 Å². The molecule has 0 spiro atoms. The zero-order valence-corrected chi connectivity index (χ0v) is 15.8. The first-order valence-corrected chi connectivity index (χ1v) is 9.47. The van der Waals surface area contributed by atoms with Crippen LogP contribution >= 0.6 is 11.8 Å². The quantitative estimate of drug-likeness (QED) is 0.368. The van der Waals surface area contributed by atoms with Crippen molar-refractivity contribution in [2.24, 2.45) is 10.7 Å². The molecule has 0 saturated heterocycles. The number of nitrogens with two attached hydrogens (primary N) is 1. The number of pyridine rings is 2. The fraction of sp³-hybridized carbons (Fsp3) is 0.190. The Morgan fingerprint density at radius 2 is 1.96 bits per heavy atom. The second-order valence-electron chi connectivity index (χ2n) is 6.18. The van der Waals surface area contributed by atoms with E-state index in [2.05, 4.69) is 42.7 Å². The van der Waals surface area contributed by atoms with E-state index in [1.54, 1.807) is 18.0 Å². The maximum atomic E-state index is 5.85. The number of aromatic nitrogens is 2. The van der Waals surface area contributed by atoms with Gasteiger partial charge in [0.05, 0.1) is 11.4 Å². The van der Waals surface area contributed by atoms with E-state index < -0.39 is 0 Å². The molecule has 4 nitrogen and oxygen atoms in total. The summed E-state index contributed by atoms with van der Waals surface area (Å²) in [5.41, 5.74) is 11.9. The van der Waals surface area contributed by atoms with Crippen LogP contribution in [0, 0.1) is 0 Å². The lowest BCUT2D eigenvalue weighted by Gasteiger charge is -2.17. The largest absolute Gasteiger partial charge is 0.322 e. The molecule has 0 bridgehead atoms. The monoisotopic (exact) mass is 362 g/mol. The Bertz CT molecular complexity index is 907. The van der Waals surface area contributed by atoms with Gasteiger partial charge in [-0.2, -0.15) is 0 Å². The smallest absolute Gasteiger partial charge is 0.0771 e. The van der Waals surface area contributed by atoms with Crippen LogP contribution in [0.3, 0.4) is 0 Å². The maximum absolute atomic E-state index is 5.85. The molecule has 0 atom stereocenters. The highest BCUT2D eigenvalue weighted by molar-refractivity contribution is 7.99. The van der Waals surface area contributed by atoms with E-state index in [9.17, 15) is 0 Å². The molecule has 3 aromatic rings. The van der Waals surface area contributed by atoms with Crippen molar-refractivity contribution < 1.29 is 0 Å². The van der Waals surface area contributed by atoms with Crippen molar-refractivity contribution in [3.8, 4) is 22.4 Å². The lowest BCUT2D eigenvalue weighted by molar-refractivity contribution is 0.861. The molecule has 0 fully saturated rings. The van der Waals surface area contributed by atoms with Crippen molar-refractivity contribution in [2.75, 3.05) is 5.88 Å². The number of benzene rings is 1. The van der Waals surface area contributed by atoms with E-state index in [0.717, 1.165) is 33.0 Å². The minimum atomic E-state index is 0.358. The summed E-state index contributed by atoms with van der Waals surface area (Å²) in [5, 5.41) is 0. The molecular weight excluding hydrogens is 340 g/mol. The number of hydrogen-bond donors (Lipinski definition) is 1. The van der Waals surface area contributed by atoms with E-state index in [4.69, 9.17) is 10.7 Å². The number of aliphatic imine (C=N–C) groups is 1. The highest BCUT2D eigenvalue weighted by atomic mass is 32.2. The minimum Gasteiger partial charge on any atom is -0.322 e. The van der Waals surface area contributed by atoms with Crippen LogP contribution in [0.2, 0.25) is 0 Å². The van der Waals surface area contributed by atoms with Crippen molar-refractivity contribution >= 4 is 24.2 Å². The molecule has 0 aliphatic rings. The van der Waals surface area contributed by atoms with Gasteiger partial charge in [-0.1, -0.05) is 26.0 Å². The maximum Gasteiger partial charge on any atom is 0.0771 e. The molecule has 0 aliphatic carbocycles. The third-order valence-corrected chi connectivity index (χ3v) is 5.06. The van der Waals surface area contributed by atoms with Gasteiger partial charge in [0.15, 0.2) is 0 Å². The first-order chi connectivity index (χ1) is 12.7. The van der Waals surface area contributed by atoms with E-state index in [-0.39, 0.29) is 0 Å². The van der Waals surface area contributed by atoms with Gasteiger partial charge in [0.2, 0.25) is 0 Å². The van der Waals surface area contributed by atoms with Crippen molar-refractivity contribution in [3.05, 3.63) is 60.6 Å². The molecular formula is C21H22N4S.